The monoisotopic (exact) mass is 336 g/mol. The molecule has 1 aromatic rings. The highest BCUT2D eigenvalue weighted by atomic mass is 32.2. The summed E-state index contributed by atoms with van der Waals surface area (Å²) in [7, 11) is 0. The molecule has 1 unspecified atom stereocenters. The van der Waals surface area contributed by atoms with Crippen LogP contribution in [0.25, 0.3) is 0 Å². The first kappa shape index (κ1) is 17.1. The second-order valence-electron chi connectivity index (χ2n) is 6.47. The fourth-order valence-electron chi connectivity index (χ4n) is 3.28. The molecule has 128 valence electrons. The van der Waals surface area contributed by atoms with Gasteiger partial charge in [-0.25, -0.2) is 0 Å². The van der Waals surface area contributed by atoms with Crippen LogP contribution >= 0.6 is 11.8 Å². The van der Waals surface area contributed by atoms with Crippen molar-refractivity contribution < 1.29 is 9.84 Å². The van der Waals surface area contributed by atoms with E-state index < -0.39 is 6.10 Å². The van der Waals surface area contributed by atoms with Crippen molar-refractivity contribution in [1.82, 2.24) is 9.80 Å². The van der Waals surface area contributed by atoms with Crippen molar-refractivity contribution in [2.75, 3.05) is 50.8 Å². The Morgan fingerprint density at radius 1 is 1.04 bits per heavy atom. The molecule has 0 bridgehead atoms. The number of aliphatic hydroxyl groups is 1. The predicted octanol–water partition coefficient (Wildman–Crippen LogP) is 2.07. The van der Waals surface area contributed by atoms with E-state index in [-0.39, 0.29) is 0 Å². The first-order chi connectivity index (χ1) is 11.3. The fraction of sp³-hybridized carbons (Fsp3) is 0.667. The number of benzene rings is 1. The maximum absolute atomic E-state index is 10.3. The topological polar surface area (TPSA) is 35.9 Å². The quantitative estimate of drug-likeness (QED) is 0.825. The number of ether oxygens (including phenoxy) is 1. The molecule has 2 aliphatic heterocycles. The van der Waals surface area contributed by atoms with Gasteiger partial charge in [-0.15, -0.1) is 0 Å². The van der Waals surface area contributed by atoms with E-state index in [4.69, 9.17) is 4.74 Å². The third kappa shape index (κ3) is 5.38. The molecule has 1 N–H and O–H groups in total. The predicted molar refractivity (Wildman–Crippen MR) is 96.2 cm³/mol. The highest BCUT2D eigenvalue weighted by molar-refractivity contribution is 7.99. The molecular formula is C18H28N2O2S. The second-order valence-corrected chi connectivity index (χ2v) is 7.69. The van der Waals surface area contributed by atoms with E-state index in [1.165, 1.54) is 43.0 Å². The molecule has 2 heterocycles. The summed E-state index contributed by atoms with van der Waals surface area (Å²) in [6, 6.07) is 8.24. The minimum Gasteiger partial charge on any atom is -0.491 e. The van der Waals surface area contributed by atoms with E-state index >= 15 is 0 Å². The number of aliphatic hydroxyl groups excluding tert-OH is 1. The highest BCUT2D eigenvalue weighted by Crippen LogP contribution is 2.22. The smallest absolute Gasteiger partial charge is 0.123 e. The van der Waals surface area contributed by atoms with Crippen LogP contribution in [0.4, 0.5) is 0 Å². The van der Waals surface area contributed by atoms with Crippen LogP contribution in [0.2, 0.25) is 0 Å². The normalized spacial score (nSPS) is 21.4. The van der Waals surface area contributed by atoms with Crippen molar-refractivity contribution in [3.05, 3.63) is 29.8 Å². The van der Waals surface area contributed by atoms with Crippen molar-refractivity contribution in [1.29, 1.82) is 0 Å². The molecule has 5 heteroatoms. The molecule has 1 aromatic carbocycles. The number of β-amino-alcohol motifs (C(OH)–C–C–N with tert-alkyl or cyclic N) is 1. The number of rotatable bonds is 7. The number of para-hydroxylation sites is 1. The van der Waals surface area contributed by atoms with Gasteiger partial charge in [0.2, 0.25) is 0 Å². The lowest BCUT2D eigenvalue weighted by molar-refractivity contribution is 0.0709. The zero-order valence-corrected chi connectivity index (χ0v) is 14.6. The van der Waals surface area contributed by atoms with Gasteiger partial charge in [-0.3, -0.25) is 9.80 Å². The largest absolute Gasteiger partial charge is 0.491 e. The van der Waals surface area contributed by atoms with Crippen LogP contribution < -0.4 is 4.74 Å². The average molecular weight is 337 g/mol. The van der Waals surface area contributed by atoms with Crippen LogP contribution in [0, 0.1) is 0 Å². The van der Waals surface area contributed by atoms with Crippen LogP contribution in [0.3, 0.4) is 0 Å². The molecule has 23 heavy (non-hydrogen) atoms. The van der Waals surface area contributed by atoms with Gasteiger partial charge in [0.05, 0.1) is 0 Å². The van der Waals surface area contributed by atoms with Crippen LogP contribution in [0.5, 0.6) is 5.75 Å². The first-order valence-electron chi connectivity index (χ1n) is 8.72. The second kappa shape index (κ2) is 8.92. The zero-order chi connectivity index (χ0) is 15.9. The van der Waals surface area contributed by atoms with Gasteiger partial charge < -0.3 is 9.84 Å². The number of hydrogen-bond acceptors (Lipinski definition) is 5. The van der Waals surface area contributed by atoms with Crippen molar-refractivity contribution in [3.8, 4) is 5.75 Å². The Balaban J connectivity index is 1.48. The SMILES string of the molecule is OC(COc1ccccc1CN1CCCC1)CN1CCSCC1. The molecular weight excluding hydrogens is 308 g/mol. The van der Waals surface area contributed by atoms with Gasteiger partial charge in [0.15, 0.2) is 0 Å². The van der Waals surface area contributed by atoms with E-state index in [0.717, 1.165) is 31.9 Å². The van der Waals surface area contributed by atoms with Gasteiger partial charge >= 0.3 is 0 Å². The average Bonchev–Trinajstić information content (AvgIpc) is 3.08. The Morgan fingerprint density at radius 2 is 1.78 bits per heavy atom. The fourth-order valence-corrected chi connectivity index (χ4v) is 4.26. The Morgan fingerprint density at radius 3 is 2.57 bits per heavy atom. The third-order valence-electron chi connectivity index (χ3n) is 4.57. The number of hydrogen-bond donors (Lipinski definition) is 1. The van der Waals surface area contributed by atoms with Crippen LogP contribution in [0.1, 0.15) is 18.4 Å². The zero-order valence-electron chi connectivity index (χ0n) is 13.8. The van der Waals surface area contributed by atoms with E-state index in [2.05, 4.69) is 21.9 Å². The lowest BCUT2D eigenvalue weighted by Gasteiger charge is -2.28. The van der Waals surface area contributed by atoms with E-state index in [9.17, 15) is 5.11 Å². The minimum absolute atomic E-state index is 0.376. The van der Waals surface area contributed by atoms with Crippen LogP contribution in [-0.4, -0.2) is 71.8 Å². The van der Waals surface area contributed by atoms with Crippen molar-refractivity contribution in [2.24, 2.45) is 0 Å². The molecule has 1 atom stereocenters. The summed E-state index contributed by atoms with van der Waals surface area (Å²) < 4.78 is 5.94. The standard InChI is InChI=1S/C18H28N2O2S/c21-17(14-20-9-11-23-12-10-20)15-22-18-6-2-1-5-16(18)13-19-7-3-4-8-19/h1-2,5-6,17,21H,3-4,7-15H2. The summed E-state index contributed by atoms with van der Waals surface area (Å²) in [5.74, 6) is 3.27. The lowest BCUT2D eigenvalue weighted by Crippen LogP contribution is -2.40. The molecule has 0 saturated carbocycles. The summed E-state index contributed by atoms with van der Waals surface area (Å²) in [4.78, 5) is 4.81. The first-order valence-corrected chi connectivity index (χ1v) is 9.88. The lowest BCUT2D eigenvalue weighted by atomic mass is 10.2. The van der Waals surface area contributed by atoms with Gasteiger partial charge in [-0.05, 0) is 32.0 Å². The number of likely N-dealkylation sites (tertiary alicyclic amines) is 1. The van der Waals surface area contributed by atoms with Gasteiger partial charge in [0, 0.05) is 43.2 Å². The Hall–Kier alpha value is -0.750. The molecule has 0 spiro atoms. The highest BCUT2D eigenvalue weighted by Gasteiger charge is 2.17. The van der Waals surface area contributed by atoms with Gasteiger partial charge in [-0.1, -0.05) is 18.2 Å². The third-order valence-corrected chi connectivity index (χ3v) is 5.51. The number of thioether (sulfide) groups is 1. The molecule has 2 saturated heterocycles. The molecule has 0 amide bonds. The maximum atomic E-state index is 10.3. The van der Waals surface area contributed by atoms with Gasteiger partial charge in [0.1, 0.15) is 18.5 Å². The van der Waals surface area contributed by atoms with Crippen molar-refractivity contribution in [3.63, 3.8) is 0 Å². The van der Waals surface area contributed by atoms with Crippen molar-refractivity contribution >= 4 is 11.8 Å². The van der Waals surface area contributed by atoms with Crippen LogP contribution in [0.15, 0.2) is 24.3 Å². The van der Waals surface area contributed by atoms with E-state index in [1.54, 1.807) is 0 Å². The molecule has 2 fully saturated rings. The number of nitrogens with zero attached hydrogens (tertiary/aromatic N) is 2. The summed E-state index contributed by atoms with van der Waals surface area (Å²) in [5, 5.41) is 10.3. The molecule has 3 rings (SSSR count). The van der Waals surface area contributed by atoms with E-state index in [0.29, 0.717) is 6.61 Å². The Bertz CT molecular complexity index is 474. The summed E-state index contributed by atoms with van der Waals surface area (Å²) in [5.41, 5.74) is 1.23. The van der Waals surface area contributed by atoms with Gasteiger partial charge in [-0.2, -0.15) is 11.8 Å². The summed E-state index contributed by atoms with van der Waals surface area (Å²) in [6.45, 7) is 6.57. The Kier molecular flexibility index (Phi) is 6.63. The summed E-state index contributed by atoms with van der Waals surface area (Å²) in [6.07, 6.45) is 2.18. The molecule has 2 aliphatic rings. The Labute approximate surface area is 143 Å². The minimum atomic E-state index is -0.419. The molecule has 0 aromatic heterocycles. The maximum Gasteiger partial charge on any atom is 0.123 e. The van der Waals surface area contributed by atoms with Crippen molar-refractivity contribution in [2.45, 2.75) is 25.5 Å². The van der Waals surface area contributed by atoms with Crippen LogP contribution in [-0.2, 0) is 6.54 Å². The molecule has 4 nitrogen and oxygen atoms in total. The molecule has 0 radical (unpaired) electrons. The molecule has 0 aliphatic carbocycles. The van der Waals surface area contributed by atoms with Gasteiger partial charge in [0.25, 0.3) is 0 Å². The van der Waals surface area contributed by atoms with E-state index in [1.807, 2.05) is 23.9 Å². The summed E-state index contributed by atoms with van der Waals surface area (Å²) >= 11 is 1.99.